The van der Waals surface area contributed by atoms with Gasteiger partial charge in [-0.05, 0) is 14.1 Å². The van der Waals surface area contributed by atoms with Crippen LogP contribution in [0.4, 0.5) is 0 Å². The smallest absolute Gasteiger partial charge is 0.286 e. The predicted octanol–water partition coefficient (Wildman–Crippen LogP) is -0.349. The summed E-state index contributed by atoms with van der Waals surface area (Å²) >= 11 is 0. The topological polar surface area (TPSA) is 9.72 Å². The first kappa shape index (κ1) is 11.4. The third kappa shape index (κ3) is 1.88. The molecule has 0 unspecified atom stereocenters. The van der Waals surface area contributed by atoms with Crippen LogP contribution in [0, 0.1) is 0 Å². The van der Waals surface area contributed by atoms with E-state index in [9.17, 15) is 0 Å². The molecule has 1 fully saturated rings. The Morgan fingerprint density at radius 2 is 1.23 bits per heavy atom. The molecule has 1 aliphatic rings. The molecular formula is C6H20B3N3Si. The third-order valence-corrected chi connectivity index (χ3v) is 5.47. The van der Waals surface area contributed by atoms with E-state index in [0.29, 0.717) is 20.9 Å². The lowest BCUT2D eigenvalue weighted by molar-refractivity contribution is 0.590. The van der Waals surface area contributed by atoms with E-state index in [1.807, 2.05) is 0 Å². The van der Waals surface area contributed by atoms with Crippen molar-refractivity contribution in [2.24, 2.45) is 0 Å². The minimum Gasteiger partial charge on any atom is -0.385 e. The van der Waals surface area contributed by atoms with Crippen LogP contribution < -0.4 is 0 Å². The molecule has 7 heteroatoms. The molecular weight excluding hydrogens is 175 g/mol. The molecule has 3 nitrogen and oxygen atoms in total. The highest BCUT2D eigenvalue weighted by atomic mass is 28.2. The van der Waals surface area contributed by atoms with Crippen LogP contribution in [0.3, 0.4) is 0 Å². The van der Waals surface area contributed by atoms with Crippen LogP contribution in [0.15, 0.2) is 0 Å². The van der Waals surface area contributed by atoms with Crippen LogP contribution in [0.1, 0.15) is 0 Å². The van der Waals surface area contributed by atoms with Crippen molar-refractivity contribution in [1.29, 1.82) is 0 Å². The molecule has 0 bridgehead atoms. The highest BCUT2D eigenvalue weighted by Gasteiger charge is 2.41. The van der Waals surface area contributed by atoms with Gasteiger partial charge in [0, 0.05) is 0 Å². The van der Waals surface area contributed by atoms with Gasteiger partial charge in [0.15, 0.2) is 0 Å². The summed E-state index contributed by atoms with van der Waals surface area (Å²) in [7, 11) is 4.37. The third-order valence-electron chi connectivity index (χ3n) is 3.68. The zero-order valence-corrected chi connectivity index (χ0v) is 11.2. The molecule has 0 aromatic heterocycles. The second kappa shape index (κ2) is 4.21. The van der Waals surface area contributed by atoms with Crippen LogP contribution in [0.2, 0.25) is 27.0 Å². The van der Waals surface area contributed by atoms with E-state index < -0.39 is 0 Å². The van der Waals surface area contributed by atoms with Gasteiger partial charge in [0.05, 0.1) is 9.68 Å². The zero-order valence-electron chi connectivity index (χ0n) is 9.78. The van der Waals surface area contributed by atoms with Crippen LogP contribution in [0.25, 0.3) is 0 Å². The Hall–Kier alpha value is 0.292. The normalized spacial score (nSPS) is 24.0. The first-order chi connectivity index (χ1) is 6.00. The fourth-order valence-corrected chi connectivity index (χ4v) is 3.79. The van der Waals surface area contributed by atoms with Gasteiger partial charge in [0.25, 0.3) is 20.9 Å². The molecule has 0 atom stereocenters. The minimum absolute atomic E-state index is 0.0630. The highest BCUT2D eigenvalue weighted by molar-refractivity contribution is 6.89. The van der Waals surface area contributed by atoms with Crippen molar-refractivity contribution in [2.45, 2.75) is 27.0 Å². The van der Waals surface area contributed by atoms with E-state index in [0.717, 1.165) is 0 Å². The Bertz CT molecular complexity index is 169. The van der Waals surface area contributed by atoms with Gasteiger partial charge in [-0.3, -0.25) is 0 Å². The van der Waals surface area contributed by atoms with E-state index in [2.05, 4.69) is 54.9 Å². The monoisotopic (exact) mass is 195 g/mol. The molecule has 1 heterocycles. The lowest BCUT2D eigenvalue weighted by Crippen LogP contribution is -2.73. The Kier molecular flexibility index (Phi) is 3.68. The van der Waals surface area contributed by atoms with Crippen molar-refractivity contribution >= 4 is 30.6 Å². The van der Waals surface area contributed by atoms with Crippen molar-refractivity contribution in [1.82, 2.24) is 13.8 Å². The van der Waals surface area contributed by atoms with Gasteiger partial charge >= 0.3 is 0 Å². The van der Waals surface area contributed by atoms with Crippen molar-refractivity contribution in [3.05, 3.63) is 0 Å². The minimum atomic E-state index is -0.0630. The summed E-state index contributed by atoms with van der Waals surface area (Å²) in [6.07, 6.45) is 0. The van der Waals surface area contributed by atoms with Crippen LogP contribution in [-0.4, -0.2) is 58.6 Å². The van der Waals surface area contributed by atoms with E-state index in [-0.39, 0.29) is 9.68 Å². The lowest BCUT2D eigenvalue weighted by Gasteiger charge is -2.49. The molecule has 72 valence electrons. The van der Waals surface area contributed by atoms with Crippen molar-refractivity contribution in [2.75, 3.05) is 14.1 Å². The zero-order chi connectivity index (χ0) is 10.2. The SMILES string of the molecule is C[SiH2]N1B(C)N(C)B(C)N(C)B1C. The molecule has 0 radical (unpaired) electrons. The predicted molar refractivity (Wildman–Crippen MR) is 66.6 cm³/mol. The summed E-state index contributed by atoms with van der Waals surface area (Å²) in [5.74, 6) is 0. The maximum absolute atomic E-state index is 2.64. The molecule has 0 aromatic rings. The molecule has 1 rings (SSSR count). The molecule has 0 saturated carbocycles. The number of nitrogens with zero attached hydrogens (tertiary/aromatic N) is 3. The quantitative estimate of drug-likeness (QED) is 0.529. The summed E-state index contributed by atoms with van der Waals surface area (Å²) < 4.78 is 7.52. The summed E-state index contributed by atoms with van der Waals surface area (Å²) in [6.45, 7) is 11.1. The first-order valence-electron chi connectivity index (χ1n) is 5.20. The molecule has 1 saturated heterocycles. The second-order valence-corrected chi connectivity index (χ2v) is 5.42. The Labute approximate surface area is 86.1 Å². The first-order valence-corrected chi connectivity index (χ1v) is 7.25. The van der Waals surface area contributed by atoms with Crippen molar-refractivity contribution < 1.29 is 0 Å². The fourth-order valence-electron chi connectivity index (χ4n) is 2.22. The van der Waals surface area contributed by atoms with E-state index in [1.54, 1.807) is 0 Å². The average Bonchev–Trinajstić information content (AvgIpc) is 2.13. The van der Waals surface area contributed by atoms with Gasteiger partial charge in [0.2, 0.25) is 0 Å². The van der Waals surface area contributed by atoms with Gasteiger partial charge < -0.3 is 13.8 Å². The summed E-state index contributed by atoms with van der Waals surface area (Å²) in [4.78, 5) is 0. The molecule has 0 aromatic carbocycles. The summed E-state index contributed by atoms with van der Waals surface area (Å²) in [6, 6.07) is 0. The van der Waals surface area contributed by atoms with Gasteiger partial charge in [-0.2, -0.15) is 0 Å². The van der Waals surface area contributed by atoms with Crippen LogP contribution >= 0.6 is 0 Å². The van der Waals surface area contributed by atoms with Gasteiger partial charge in [0.1, 0.15) is 0 Å². The molecule has 1 aliphatic heterocycles. The van der Waals surface area contributed by atoms with E-state index in [1.165, 1.54) is 0 Å². The molecule has 0 N–H and O–H groups in total. The second-order valence-electron chi connectivity index (χ2n) is 4.06. The summed E-state index contributed by atoms with van der Waals surface area (Å²) in [5, 5.41) is 0. The van der Waals surface area contributed by atoms with Crippen molar-refractivity contribution in [3.63, 3.8) is 0 Å². The van der Waals surface area contributed by atoms with Gasteiger partial charge in [-0.1, -0.05) is 27.0 Å². The standard InChI is InChI=1S/C6H20B3N3Si/c1-7-10(4)8(2)12(13-6)9(3)11(7)5/h13H2,1-6H3. The average molecular weight is 195 g/mol. The Morgan fingerprint density at radius 1 is 0.846 bits per heavy atom. The number of rotatable bonds is 1. The van der Waals surface area contributed by atoms with Crippen molar-refractivity contribution in [3.8, 4) is 0 Å². The van der Waals surface area contributed by atoms with E-state index >= 15 is 0 Å². The van der Waals surface area contributed by atoms with Gasteiger partial charge in [-0.25, -0.2) is 0 Å². The number of hydrogen-bond acceptors (Lipinski definition) is 3. The largest absolute Gasteiger partial charge is 0.385 e. The van der Waals surface area contributed by atoms with Gasteiger partial charge in [-0.15, -0.1) is 0 Å². The molecule has 0 spiro atoms. The molecule has 0 amide bonds. The lowest BCUT2D eigenvalue weighted by atomic mass is 9.48. The van der Waals surface area contributed by atoms with Crippen LogP contribution in [-0.2, 0) is 0 Å². The molecule has 0 aliphatic carbocycles. The number of hydrogen-bond donors (Lipinski definition) is 0. The summed E-state index contributed by atoms with van der Waals surface area (Å²) in [5.41, 5.74) is 0. The van der Waals surface area contributed by atoms with E-state index in [4.69, 9.17) is 0 Å². The highest BCUT2D eigenvalue weighted by Crippen LogP contribution is 2.14. The molecule has 13 heavy (non-hydrogen) atoms. The van der Waals surface area contributed by atoms with Crippen LogP contribution in [0.5, 0.6) is 0 Å². The maximum atomic E-state index is 2.64. The Balaban J connectivity index is 2.79. The fraction of sp³-hybridized carbons (Fsp3) is 1.00. The maximum Gasteiger partial charge on any atom is 0.286 e. The Morgan fingerprint density at radius 3 is 1.54 bits per heavy atom.